The van der Waals surface area contributed by atoms with E-state index in [2.05, 4.69) is 5.10 Å². The normalized spacial score (nSPS) is 12.6. The van der Waals surface area contributed by atoms with Crippen molar-refractivity contribution in [3.63, 3.8) is 0 Å². The van der Waals surface area contributed by atoms with E-state index in [-0.39, 0.29) is 5.69 Å². The first-order chi connectivity index (χ1) is 7.99. The molecule has 0 aliphatic carbocycles. The van der Waals surface area contributed by atoms with Crippen LogP contribution in [0.2, 0.25) is 5.02 Å². The number of aliphatic hydroxyl groups excluding tert-OH is 1. The molecule has 0 aliphatic rings. The number of aromatic nitrogens is 2. The summed E-state index contributed by atoms with van der Waals surface area (Å²) in [7, 11) is 0. The van der Waals surface area contributed by atoms with Crippen molar-refractivity contribution in [1.82, 2.24) is 9.78 Å². The van der Waals surface area contributed by atoms with Crippen molar-refractivity contribution in [1.29, 1.82) is 0 Å². The first-order valence-corrected chi connectivity index (χ1v) is 5.85. The number of thiophene rings is 1. The number of rotatable bonds is 3. The van der Waals surface area contributed by atoms with E-state index in [9.17, 15) is 15.2 Å². The molecule has 0 fully saturated rings. The highest BCUT2D eigenvalue weighted by atomic mass is 35.5. The van der Waals surface area contributed by atoms with Crippen LogP contribution in [-0.4, -0.2) is 19.8 Å². The van der Waals surface area contributed by atoms with Crippen molar-refractivity contribution in [3.8, 4) is 5.00 Å². The van der Waals surface area contributed by atoms with E-state index in [0.717, 1.165) is 11.3 Å². The lowest BCUT2D eigenvalue weighted by molar-refractivity contribution is -0.384. The zero-order chi connectivity index (χ0) is 12.6. The summed E-state index contributed by atoms with van der Waals surface area (Å²) in [6.45, 7) is 1.55. The molecule has 0 saturated carbocycles. The lowest BCUT2D eigenvalue weighted by Crippen LogP contribution is -1.95. The molecule has 0 spiro atoms. The zero-order valence-electron chi connectivity index (χ0n) is 8.70. The molecule has 2 aromatic rings. The summed E-state index contributed by atoms with van der Waals surface area (Å²) in [5, 5.41) is 25.0. The largest absolute Gasteiger partial charge is 0.388 e. The van der Waals surface area contributed by atoms with Gasteiger partial charge in [0.25, 0.3) is 0 Å². The van der Waals surface area contributed by atoms with Gasteiger partial charge in [-0.3, -0.25) is 10.1 Å². The van der Waals surface area contributed by atoms with Gasteiger partial charge in [0.15, 0.2) is 5.00 Å². The van der Waals surface area contributed by atoms with Crippen LogP contribution in [0.25, 0.3) is 5.00 Å². The van der Waals surface area contributed by atoms with Gasteiger partial charge in [0.2, 0.25) is 0 Å². The Morgan fingerprint density at radius 3 is 2.88 bits per heavy atom. The molecule has 1 N–H and O–H groups in total. The summed E-state index contributed by atoms with van der Waals surface area (Å²) in [6, 6.07) is 1.35. The van der Waals surface area contributed by atoms with Crippen LogP contribution in [0, 0.1) is 10.1 Å². The highest BCUT2D eigenvalue weighted by Crippen LogP contribution is 2.35. The molecule has 0 radical (unpaired) electrons. The van der Waals surface area contributed by atoms with Crippen molar-refractivity contribution in [2.75, 3.05) is 0 Å². The molecular formula is C9H8ClN3O3S. The molecule has 0 aromatic carbocycles. The molecule has 90 valence electrons. The summed E-state index contributed by atoms with van der Waals surface area (Å²) in [5.41, 5.74) is -0.0920. The Morgan fingerprint density at radius 1 is 1.71 bits per heavy atom. The molecule has 0 amide bonds. The Balaban J connectivity index is 2.55. The SMILES string of the molecule is C[C@H](O)c1cc([N+](=O)[O-])c(-n2cc(Cl)cn2)s1. The summed E-state index contributed by atoms with van der Waals surface area (Å²) < 4.78 is 1.33. The van der Waals surface area contributed by atoms with E-state index in [0.29, 0.717) is 14.9 Å². The summed E-state index contributed by atoms with van der Waals surface area (Å²) in [6.07, 6.45) is 2.12. The molecule has 0 saturated heterocycles. The third-order valence-electron chi connectivity index (χ3n) is 2.08. The number of nitrogens with zero attached hydrogens (tertiary/aromatic N) is 3. The van der Waals surface area contributed by atoms with Gasteiger partial charge in [-0.2, -0.15) is 5.10 Å². The molecule has 0 aliphatic heterocycles. The second-order valence-electron chi connectivity index (χ2n) is 3.38. The van der Waals surface area contributed by atoms with Crippen molar-refractivity contribution in [3.05, 3.63) is 38.5 Å². The molecule has 17 heavy (non-hydrogen) atoms. The monoisotopic (exact) mass is 273 g/mol. The Kier molecular flexibility index (Phi) is 3.14. The van der Waals surface area contributed by atoms with Crippen LogP contribution < -0.4 is 0 Å². The van der Waals surface area contributed by atoms with E-state index >= 15 is 0 Å². The van der Waals surface area contributed by atoms with Gasteiger partial charge in [0, 0.05) is 10.9 Å². The molecule has 0 unspecified atom stereocenters. The average molecular weight is 274 g/mol. The predicted octanol–water partition coefficient (Wildman–Crippen LogP) is 2.55. The van der Waals surface area contributed by atoms with Crippen molar-refractivity contribution < 1.29 is 10.0 Å². The highest BCUT2D eigenvalue weighted by molar-refractivity contribution is 7.15. The topological polar surface area (TPSA) is 81.2 Å². The number of nitro groups is 1. The third-order valence-corrected chi connectivity index (χ3v) is 3.56. The summed E-state index contributed by atoms with van der Waals surface area (Å²) in [5.74, 6) is 0. The van der Waals surface area contributed by atoms with Gasteiger partial charge in [-0.15, -0.1) is 11.3 Å². The van der Waals surface area contributed by atoms with Crippen molar-refractivity contribution >= 4 is 28.6 Å². The maximum atomic E-state index is 10.9. The standard InChI is InChI=1S/C9H8ClN3O3S/c1-5(14)8-2-7(13(15)16)9(17-8)12-4-6(10)3-11-12/h2-5,14H,1H3/t5-/m0/s1. The molecule has 2 heterocycles. The number of hydrogen-bond acceptors (Lipinski definition) is 5. The van der Waals surface area contributed by atoms with Crippen molar-refractivity contribution in [2.45, 2.75) is 13.0 Å². The van der Waals surface area contributed by atoms with E-state index in [1.54, 1.807) is 6.92 Å². The van der Waals surface area contributed by atoms with Crippen LogP contribution in [-0.2, 0) is 0 Å². The molecule has 8 heteroatoms. The Hall–Kier alpha value is -1.44. The Morgan fingerprint density at radius 2 is 2.41 bits per heavy atom. The minimum absolute atomic E-state index is 0.0920. The maximum absolute atomic E-state index is 10.9. The van der Waals surface area contributed by atoms with E-state index in [1.807, 2.05) is 0 Å². The number of hydrogen-bond donors (Lipinski definition) is 1. The first kappa shape index (κ1) is 12.0. The van der Waals surface area contributed by atoms with E-state index < -0.39 is 11.0 Å². The Bertz CT molecular complexity index is 564. The smallest absolute Gasteiger partial charge is 0.306 e. The molecule has 2 rings (SSSR count). The minimum Gasteiger partial charge on any atom is -0.388 e. The fourth-order valence-corrected chi connectivity index (χ4v) is 2.43. The van der Waals surface area contributed by atoms with E-state index in [4.69, 9.17) is 11.6 Å². The molecule has 6 nitrogen and oxygen atoms in total. The summed E-state index contributed by atoms with van der Waals surface area (Å²) >= 11 is 6.83. The van der Waals surface area contributed by atoms with Gasteiger partial charge in [-0.1, -0.05) is 11.6 Å². The van der Waals surface area contributed by atoms with Gasteiger partial charge in [0.1, 0.15) is 0 Å². The van der Waals surface area contributed by atoms with Gasteiger partial charge in [0.05, 0.1) is 28.4 Å². The first-order valence-electron chi connectivity index (χ1n) is 4.65. The van der Waals surface area contributed by atoms with Crippen LogP contribution in [0.5, 0.6) is 0 Å². The molecule has 0 bridgehead atoms. The molecular weight excluding hydrogens is 266 g/mol. The van der Waals surface area contributed by atoms with Crippen LogP contribution in [0.3, 0.4) is 0 Å². The minimum atomic E-state index is -0.751. The average Bonchev–Trinajstić information content (AvgIpc) is 2.82. The van der Waals surface area contributed by atoms with Crippen LogP contribution in [0.4, 0.5) is 5.69 Å². The lowest BCUT2D eigenvalue weighted by Gasteiger charge is -1.97. The highest BCUT2D eigenvalue weighted by Gasteiger charge is 2.22. The van der Waals surface area contributed by atoms with E-state index in [1.165, 1.54) is 23.1 Å². The summed E-state index contributed by atoms with van der Waals surface area (Å²) in [4.78, 5) is 10.9. The van der Waals surface area contributed by atoms with Crippen LogP contribution in [0.15, 0.2) is 18.5 Å². The van der Waals surface area contributed by atoms with Crippen molar-refractivity contribution in [2.24, 2.45) is 0 Å². The predicted molar refractivity (Wildman–Crippen MR) is 63.7 cm³/mol. The molecule has 2 aromatic heterocycles. The molecule has 1 atom stereocenters. The lowest BCUT2D eigenvalue weighted by atomic mass is 10.3. The quantitative estimate of drug-likeness (QED) is 0.688. The second-order valence-corrected chi connectivity index (χ2v) is 4.87. The zero-order valence-corrected chi connectivity index (χ0v) is 10.3. The number of halogens is 1. The Labute approximate surface area is 105 Å². The van der Waals surface area contributed by atoms with Crippen LogP contribution >= 0.6 is 22.9 Å². The fourth-order valence-electron chi connectivity index (χ4n) is 1.30. The maximum Gasteiger partial charge on any atom is 0.306 e. The third kappa shape index (κ3) is 2.31. The van der Waals surface area contributed by atoms with Gasteiger partial charge in [-0.25, -0.2) is 4.68 Å². The van der Waals surface area contributed by atoms with Gasteiger partial charge < -0.3 is 5.11 Å². The van der Waals surface area contributed by atoms with Gasteiger partial charge >= 0.3 is 5.69 Å². The fraction of sp³-hybridized carbons (Fsp3) is 0.222. The number of aliphatic hydroxyl groups is 1. The van der Waals surface area contributed by atoms with Gasteiger partial charge in [-0.05, 0) is 6.92 Å². The van der Waals surface area contributed by atoms with Crippen LogP contribution in [0.1, 0.15) is 17.9 Å². The second kappa shape index (κ2) is 4.44.